The van der Waals surface area contributed by atoms with Crippen molar-refractivity contribution in [2.75, 3.05) is 20.2 Å². The zero-order valence-corrected chi connectivity index (χ0v) is 18.2. The first-order valence-corrected chi connectivity index (χ1v) is 11.2. The average molecular weight is 410 g/mol. The Balaban J connectivity index is 1.35. The number of nitrogens with zero attached hydrogens (tertiary/aromatic N) is 2. The van der Waals surface area contributed by atoms with Gasteiger partial charge >= 0.3 is 5.91 Å². The molecule has 0 radical (unpaired) electrons. The van der Waals surface area contributed by atoms with Crippen molar-refractivity contribution in [3.8, 4) is 11.5 Å². The standard InChI is InChI=1S/C25H33N2O3/c1-26-14-6-5-9-22(26)25(28)27-15-12-19(13-16-27)17-20-10-11-23(29-2)24(18-20)30-21-7-3-4-8-21/h5-6,9-11,14,18-19,21H,3-4,7-8,12-13,15-17H2,1-2H3/q+1. The topological polar surface area (TPSA) is 42.7 Å². The molecule has 0 atom stereocenters. The third kappa shape index (κ3) is 4.77. The third-order valence-electron chi connectivity index (χ3n) is 6.52. The van der Waals surface area contributed by atoms with Crippen LogP contribution in [0.2, 0.25) is 0 Å². The number of likely N-dealkylation sites (tertiary alicyclic amines) is 1. The summed E-state index contributed by atoms with van der Waals surface area (Å²) in [6.45, 7) is 1.64. The van der Waals surface area contributed by atoms with Crippen LogP contribution in [0.3, 0.4) is 0 Å². The van der Waals surface area contributed by atoms with Gasteiger partial charge in [0, 0.05) is 25.2 Å². The Labute approximate surface area is 179 Å². The summed E-state index contributed by atoms with van der Waals surface area (Å²) in [6, 6.07) is 12.1. The monoisotopic (exact) mass is 409 g/mol. The number of aryl methyl sites for hydroxylation is 1. The van der Waals surface area contributed by atoms with Crippen molar-refractivity contribution in [2.24, 2.45) is 13.0 Å². The molecule has 1 aliphatic carbocycles. The Bertz CT molecular complexity index is 868. The van der Waals surface area contributed by atoms with E-state index in [0.717, 1.165) is 62.4 Å². The van der Waals surface area contributed by atoms with Gasteiger partial charge < -0.3 is 14.4 Å². The molecule has 0 N–H and O–H groups in total. The van der Waals surface area contributed by atoms with Crippen LogP contribution in [0.15, 0.2) is 42.6 Å². The number of hydrogen-bond donors (Lipinski definition) is 0. The normalized spacial score (nSPS) is 17.9. The third-order valence-corrected chi connectivity index (χ3v) is 6.52. The lowest BCUT2D eigenvalue weighted by Crippen LogP contribution is -2.45. The molecule has 2 fully saturated rings. The van der Waals surface area contributed by atoms with Crippen molar-refractivity contribution in [2.45, 2.75) is 51.0 Å². The first-order chi connectivity index (χ1) is 14.6. The summed E-state index contributed by atoms with van der Waals surface area (Å²) in [7, 11) is 3.63. The maximum absolute atomic E-state index is 12.8. The minimum Gasteiger partial charge on any atom is -0.493 e. The number of carbonyl (C=O) groups excluding carboxylic acids is 1. The van der Waals surface area contributed by atoms with Crippen LogP contribution in [0, 0.1) is 5.92 Å². The molecule has 4 rings (SSSR count). The van der Waals surface area contributed by atoms with E-state index in [2.05, 4.69) is 12.1 Å². The van der Waals surface area contributed by atoms with Crippen molar-refractivity contribution >= 4 is 5.91 Å². The molecule has 0 bridgehead atoms. The van der Waals surface area contributed by atoms with E-state index < -0.39 is 0 Å². The Hall–Kier alpha value is -2.56. The van der Waals surface area contributed by atoms with Gasteiger partial charge in [0.15, 0.2) is 17.7 Å². The SMILES string of the molecule is COc1ccc(CC2CCN(C(=O)c3cccc[n+]3C)CC2)cc1OC1CCCC1. The highest BCUT2D eigenvalue weighted by Crippen LogP contribution is 2.34. The second-order valence-corrected chi connectivity index (χ2v) is 8.65. The Morgan fingerprint density at radius 3 is 2.53 bits per heavy atom. The highest BCUT2D eigenvalue weighted by molar-refractivity contribution is 5.90. The molecule has 1 aromatic heterocycles. The minimum atomic E-state index is 0.133. The molecule has 1 aliphatic heterocycles. The highest BCUT2D eigenvalue weighted by Gasteiger charge is 2.28. The van der Waals surface area contributed by atoms with Crippen LogP contribution in [0.4, 0.5) is 0 Å². The molecule has 1 amide bonds. The van der Waals surface area contributed by atoms with E-state index in [0.29, 0.717) is 12.0 Å². The van der Waals surface area contributed by atoms with Crippen molar-refractivity contribution in [1.82, 2.24) is 4.90 Å². The summed E-state index contributed by atoms with van der Waals surface area (Å²) in [5.41, 5.74) is 2.04. The maximum atomic E-state index is 12.8. The molecular weight excluding hydrogens is 376 g/mol. The van der Waals surface area contributed by atoms with Crippen LogP contribution in [0.25, 0.3) is 0 Å². The first-order valence-electron chi connectivity index (χ1n) is 11.2. The molecule has 30 heavy (non-hydrogen) atoms. The number of pyridine rings is 1. The molecule has 2 heterocycles. The van der Waals surface area contributed by atoms with Crippen LogP contribution in [-0.2, 0) is 13.5 Å². The van der Waals surface area contributed by atoms with Gasteiger partial charge in [-0.05, 0) is 74.6 Å². The predicted molar refractivity (Wildman–Crippen MR) is 116 cm³/mol. The lowest BCUT2D eigenvalue weighted by Gasteiger charge is -2.31. The number of rotatable bonds is 6. The predicted octanol–water partition coefficient (Wildman–Crippen LogP) is 3.94. The highest BCUT2D eigenvalue weighted by atomic mass is 16.5. The van der Waals surface area contributed by atoms with Crippen LogP contribution in [-0.4, -0.2) is 37.1 Å². The van der Waals surface area contributed by atoms with Gasteiger partial charge in [0.05, 0.1) is 13.2 Å². The molecule has 5 nitrogen and oxygen atoms in total. The number of methoxy groups -OCH3 is 1. The Kier molecular flexibility index (Phi) is 6.56. The van der Waals surface area contributed by atoms with Gasteiger partial charge in [0.1, 0.15) is 7.05 Å². The molecule has 2 aliphatic rings. The summed E-state index contributed by atoms with van der Waals surface area (Å²) >= 11 is 0. The molecule has 5 heteroatoms. The van der Waals surface area contributed by atoms with E-state index in [1.54, 1.807) is 7.11 Å². The zero-order valence-electron chi connectivity index (χ0n) is 18.2. The van der Waals surface area contributed by atoms with Gasteiger partial charge in [-0.25, -0.2) is 0 Å². The molecule has 160 valence electrons. The van der Waals surface area contributed by atoms with Crippen molar-refractivity contribution in [3.05, 3.63) is 53.9 Å². The fraction of sp³-hybridized carbons (Fsp3) is 0.520. The van der Waals surface area contributed by atoms with Gasteiger partial charge in [-0.15, -0.1) is 0 Å². The quantitative estimate of drug-likeness (QED) is 0.679. The van der Waals surface area contributed by atoms with E-state index in [4.69, 9.17) is 9.47 Å². The molecule has 2 aromatic rings. The van der Waals surface area contributed by atoms with Crippen LogP contribution in [0.1, 0.15) is 54.6 Å². The van der Waals surface area contributed by atoms with Gasteiger partial charge in [0.25, 0.3) is 5.69 Å². The minimum absolute atomic E-state index is 0.133. The summed E-state index contributed by atoms with van der Waals surface area (Å²) in [6.07, 6.45) is 10.1. The Morgan fingerprint density at radius 1 is 1.07 bits per heavy atom. The van der Waals surface area contributed by atoms with E-state index in [1.807, 2.05) is 47.0 Å². The maximum Gasteiger partial charge on any atom is 0.318 e. The van der Waals surface area contributed by atoms with E-state index >= 15 is 0 Å². The number of piperidine rings is 1. The van der Waals surface area contributed by atoms with Gasteiger partial charge in [-0.2, -0.15) is 4.57 Å². The molecule has 1 saturated heterocycles. The van der Waals surface area contributed by atoms with Gasteiger partial charge in [-0.3, -0.25) is 4.79 Å². The summed E-state index contributed by atoms with van der Waals surface area (Å²) in [5, 5.41) is 0. The van der Waals surface area contributed by atoms with Crippen molar-refractivity contribution in [3.63, 3.8) is 0 Å². The van der Waals surface area contributed by atoms with Crippen LogP contribution >= 0.6 is 0 Å². The number of carbonyl (C=O) groups is 1. The second-order valence-electron chi connectivity index (χ2n) is 8.65. The summed E-state index contributed by atoms with van der Waals surface area (Å²) < 4.78 is 13.7. The van der Waals surface area contributed by atoms with E-state index in [-0.39, 0.29) is 5.91 Å². The summed E-state index contributed by atoms with van der Waals surface area (Å²) in [4.78, 5) is 14.8. The fourth-order valence-electron chi connectivity index (χ4n) is 4.71. The van der Waals surface area contributed by atoms with Crippen molar-refractivity contribution in [1.29, 1.82) is 0 Å². The molecule has 1 saturated carbocycles. The second kappa shape index (κ2) is 9.50. The molecule has 0 spiro atoms. The van der Waals surface area contributed by atoms with E-state index in [1.165, 1.54) is 18.4 Å². The number of ether oxygens (including phenoxy) is 2. The molecular formula is C25H33N2O3+. The largest absolute Gasteiger partial charge is 0.493 e. The molecule has 1 aromatic carbocycles. The lowest BCUT2D eigenvalue weighted by atomic mass is 9.90. The van der Waals surface area contributed by atoms with Gasteiger partial charge in [-0.1, -0.05) is 6.07 Å². The smallest absolute Gasteiger partial charge is 0.318 e. The lowest BCUT2D eigenvalue weighted by molar-refractivity contribution is -0.673. The van der Waals surface area contributed by atoms with Crippen molar-refractivity contribution < 1.29 is 18.8 Å². The number of amides is 1. The van der Waals surface area contributed by atoms with Crippen LogP contribution in [0.5, 0.6) is 11.5 Å². The molecule has 0 unspecified atom stereocenters. The first kappa shape index (κ1) is 20.7. The number of hydrogen-bond acceptors (Lipinski definition) is 3. The summed E-state index contributed by atoms with van der Waals surface area (Å²) in [5.74, 6) is 2.42. The average Bonchev–Trinajstić information content (AvgIpc) is 3.27. The fourth-order valence-corrected chi connectivity index (χ4v) is 4.71. The zero-order chi connectivity index (χ0) is 20.9. The number of aromatic nitrogens is 1. The van der Waals surface area contributed by atoms with E-state index in [9.17, 15) is 4.79 Å². The van der Waals surface area contributed by atoms with Gasteiger partial charge in [0.2, 0.25) is 0 Å². The Morgan fingerprint density at radius 2 is 1.83 bits per heavy atom. The van der Waals surface area contributed by atoms with Crippen LogP contribution < -0.4 is 14.0 Å². The number of benzene rings is 1.